The van der Waals surface area contributed by atoms with Gasteiger partial charge in [-0.3, -0.25) is 0 Å². The molecule has 0 atom stereocenters. The number of halogens is 1. The Morgan fingerprint density at radius 3 is 2.33 bits per heavy atom. The molecule has 1 aliphatic heterocycles. The molecule has 0 spiro atoms. The number of hydrogen-bond acceptors (Lipinski definition) is 3. The molecule has 1 heterocycles. The third-order valence-corrected chi connectivity index (χ3v) is 3.48. The smallest absolute Gasteiger partial charge is 0.161 e. The van der Waals surface area contributed by atoms with Gasteiger partial charge >= 0.3 is 0 Å². The van der Waals surface area contributed by atoms with Crippen LogP contribution in [0.2, 0.25) is 0 Å². The number of alkyl halides is 1. The molecule has 1 aromatic carbocycles. The van der Waals surface area contributed by atoms with Crippen molar-refractivity contribution in [3.63, 3.8) is 0 Å². The van der Waals surface area contributed by atoms with Crippen LogP contribution < -0.4 is 9.47 Å². The minimum absolute atomic E-state index is 0.0491. The maximum atomic E-state index is 5.25. The van der Waals surface area contributed by atoms with E-state index >= 15 is 0 Å². The van der Waals surface area contributed by atoms with E-state index < -0.39 is 0 Å². The predicted molar refractivity (Wildman–Crippen MR) is 61.0 cm³/mol. The Kier molecular flexibility index (Phi) is 2.89. The average Bonchev–Trinajstić information content (AvgIpc) is 2.25. The van der Waals surface area contributed by atoms with Crippen LogP contribution in [-0.4, -0.2) is 27.4 Å². The number of rotatable bonds is 3. The molecular formula is C11H13BrO3. The third-order valence-electron chi connectivity index (χ3n) is 2.56. The van der Waals surface area contributed by atoms with E-state index in [4.69, 9.17) is 14.2 Å². The predicted octanol–water partition coefficient (Wildman–Crippen LogP) is 2.32. The van der Waals surface area contributed by atoms with Crippen molar-refractivity contribution in [3.05, 3.63) is 23.8 Å². The molecule has 1 aliphatic rings. The number of methoxy groups -OCH3 is 2. The molecule has 0 N–H and O–H groups in total. The number of ether oxygens (including phenoxy) is 3. The Hall–Kier alpha value is -0.740. The molecule has 1 saturated heterocycles. The first-order valence-electron chi connectivity index (χ1n) is 4.69. The summed E-state index contributed by atoms with van der Waals surface area (Å²) in [4.78, 5) is 0. The van der Waals surface area contributed by atoms with Gasteiger partial charge in [-0.05, 0) is 17.7 Å². The van der Waals surface area contributed by atoms with Crippen LogP contribution >= 0.6 is 15.9 Å². The van der Waals surface area contributed by atoms with Crippen LogP contribution in [0.15, 0.2) is 18.2 Å². The first-order valence-corrected chi connectivity index (χ1v) is 5.48. The van der Waals surface area contributed by atoms with Gasteiger partial charge in [0, 0.05) is 0 Å². The Labute approximate surface area is 97.5 Å². The van der Waals surface area contributed by atoms with Gasteiger partial charge in [-0.2, -0.15) is 0 Å². The van der Waals surface area contributed by atoms with Gasteiger partial charge in [0.1, 0.15) is 0 Å². The largest absolute Gasteiger partial charge is 0.493 e. The van der Waals surface area contributed by atoms with Crippen LogP contribution in [0.1, 0.15) is 5.56 Å². The summed E-state index contributed by atoms with van der Waals surface area (Å²) >= 11 is 3.66. The molecule has 0 aliphatic carbocycles. The van der Waals surface area contributed by atoms with Crippen molar-refractivity contribution >= 4 is 15.9 Å². The minimum Gasteiger partial charge on any atom is -0.493 e. The van der Waals surface area contributed by atoms with Gasteiger partial charge in [0.05, 0.1) is 31.8 Å². The zero-order valence-corrected chi connectivity index (χ0v) is 10.3. The zero-order chi connectivity index (χ0) is 10.9. The summed E-state index contributed by atoms with van der Waals surface area (Å²) < 4.78 is 15.6. The molecule has 82 valence electrons. The third kappa shape index (κ3) is 1.84. The van der Waals surface area contributed by atoms with Crippen LogP contribution in [0.4, 0.5) is 0 Å². The highest BCUT2D eigenvalue weighted by molar-refractivity contribution is 9.09. The molecule has 3 nitrogen and oxygen atoms in total. The van der Waals surface area contributed by atoms with Crippen molar-refractivity contribution in [2.45, 2.75) is 4.32 Å². The lowest BCUT2D eigenvalue weighted by Crippen LogP contribution is -2.40. The van der Waals surface area contributed by atoms with Gasteiger partial charge in [0.15, 0.2) is 11.5 Å². The summed E-state index contributed by atoms with van der Waals surface area (Å²) in [5.74, 6) is 1.50. The normalized spacial score (nSPS) is 18.1. The van der Waals surface area contributed by atoms with Crippen molar-refractivity contribution in [3.8, 4) is 11.5 Å². The SMILES string of the molecule is COc1ccc(C2(Br)COC2)cc1OC. The topological polar surface area (TPSA) is 27.7 Å². The van der Waals surface area contributed by atoms with Crippen molar-refractivity contribution < 1.29 is 14.2 Å². The van der Waals surface area contributed by atoms with Crippen LogP contribution in [0.25, 0.3) is 0 Å². The molecule has 0 radical (unpaired) electrons. The minimum atomic E-state index is -0.0491. The van der Waals surface area contributed by atoms with Crippen LogP contribution in [-0.2, 0) is 9.06 Å². The highest BCUT2D eigenvalue weighted by atomic mass is 79.9. The summed E-state index contributed by atoms with van der Waals surface area (Å²) in [5.41, 5.74) is 1.16. The molecule has 1 fully saturated rings. The maximum Gasteiger partial charge on any atom is 0.161 e. The van der Waals surface area contributed by atoms with E-state index in [1.54, 1.807) is 14.2 Å². The van der Waals surface area contributed by atoms with Gasteiger partial charge < -0.3 is 14.2 Å². The molecule has 2 rings (SSSR count). The zero-order valence-electron chi connectivity index (χ0n) is 8.75. The molecule has 1 aromatic rings. The van der Waals surface area contributed by atoms with Crippen LogP contribution in [0.3, 0.4) is 0 Å². The fourth-order valence-corrected chi connectivity index (χ4v) is 2.13. The van der Waals surface area contributed by atoms with Gasteiger partial charge in [0.2, 0.25) is 0 Å². The highest BCUT2D eigenvalue weighted by Crippen LogP contribution is 2.41. The summed E-state index contributed by atoms with van der Waals surface area (Å²) in [6.45, 7) is 1.39. The first-order chi connectivity index (χ1) is 7.19. The van der Waals surface area contributed by atoms with Crippen LogP contribution in [0.5, 0.6) is 11.5 Å². The lowest BCUT2D eigenvalue weighted by atomic mass is 9.97. The Morgan fingerprint density at radius 2 is 1.87 bits per heavy atom. The number of hydrogen-bond donors (Lipinski definition) is 0. The van der Waals surface area contributed by atoms with E-state index in [2.05, 4.69) is 15.9 Å². The van der Waals surface area contributed by atoms with Gasteiger partial charge in [-0.25, -0.2) is 0 Å². The lowest BCUT2D eigenvalue weighted by molar-refractivity contribution is -0.00707. The van der Waals surface area contributed by atoms with Crippen LogP contribution in [0, 0.1) is 0 Å². The van der Waals surface area contributed by atoms with Crippen molar-refractivity contribution in [1.29, 1.82) is 0 Å². The molecule has 0 amide bonds. The first kappa shape index (κ1) is 10.8. The van der Waals surface area contributed by atoms with Crippen molar-refractivity contribution in [2.24, 2.45) is 0 Å². The summed E-state index contributed by atoms with van der Waals surface area (Å²) in [6.07, 6.45) is 0. The summed E-state index contributed by atoms with van der Waals surface area (Å²) in [6, 6.07) is 5.92. The fourth-order valence-electron chi connectivity index (χ4n) is 1.56. The second-order valence-electron chi connectivity index (χ2n) is 3.53. The Morgan fingerprint density at radius 1 is 1.20 bits per heavy atom. The highest BCUT2D eigenvalue weighted by Gasteiger charge is 2.38. The molecular weight excluding hydrogens is 260 g/mol. The standard InChI is InChI=1S/C11H13BrO3/c1-13-9-4-3-8(5-10(9)14-2)11(12)6-15-7-11/h3-5H,6-7H2,1-2H3. The van der Waals surface area contributed by atoms with E-state index in [0.29, 0.717) is 13.2 Å². The number of benzene rings is 1. The van der Waals surface area contributed by atoms with Crippen molar-refractivity contribution in [1.82, 2.24) is 0 Å². The molecule has 0 bridgehead atoms. The van der Waals surface area contributed by atoms with E-state index in [1.165, 1.54) is 0 Å². The Balaban J connectivity index is 2.34. The van der Waals surface area contributed by atoms with Gasteiger partial charge in [0.25, 0.3) is 0 Å². The van der Waals surface area contributed by atoms with E-state index in [0.717, 1.165) is 17.1 Å². The molecule has 0 unspecified atom stereocenters. The molecule has 0 saturated carbocycles. The van der Waals surface area contributed by atoms with Gasteiger partial charge in [-0.1, -0.05) is 22.0 Å². The lowest BCUT2D eigenvalue weighted by Gasteiger charge is -2.36. The molecule has 15 heavy (non-hydrogen) atoms. The second kappa shape index (κ2) is 4.02. The second-order valence-corrected chi connectivity index (χ2v) is 5.05. The van der Waals surface area contributed by atoms with E-state index in [-0.39, 0.29) is 4.32 Å². The van der Waals surface area contributed by atoms with Crippen molar-refractivity contribution in [2.75, 3.05) is 27.4 Å². The Bertz CT molecular complexity index is 361. The molecule has 4 heteroatoms. The molecule has 0 aromatic heterocycles. The fraction of sp³-hybridized carbons (Fsp3) is 0.455. The van der Waals surface area contributed by atoms with E-state index in [9.17, 15) is 0 Å². The monoisotopic (exact) mass is 272 g/mol. The van der Waals surface area contributed by atoms with Gasteiger partial charge in [-0.15, -0.1) is 0 Å². The quantitative estimate of drug-likeness (QED) is 0.791. The summed E-state index contributed by atoms with van der Waals surface area (Å²) in [5, 5.41) is 0. The van der Waals surface area contributed by atoms with E-state index in [1.807, 2.05) is 18.2 Å². The summed E-state index contributed by atoms with van der Waals surface area (Å²) in [7, 11) is 3.27. The average molecular weight is 273 g/mol. The maximum absolute atomic E-state index is 5.25.